The Morgan fingerprint density at radius 3 is 2.47 bits per heavy atom. The Morgan fingerprint density at radius 1 is 1.47 bits per heavy atom. The summed E-state index contributed by atoms with van der Waals surface area (Å²) >= 11 is 0. The third-order valence-electron chi connectivity index (χ3n) is 1.98. The highest BCUT2D eigenvalue weighted by Crippen LogP contribution is 2.14. The third-order valence-corrected chi connectivity index (χ3v) is 1.98. The molecule has 0 heterocycles. The van der Waals surface area contributed by atoms with E-state index >= 15 is 0 Å². The smallest absolute Gasteiger partial charge is 0.258 e. The number of rotatable bonds is 5. The van der Waals surface area contributed by atoms with Gasteiger partial charge in [-0.05, 0) is 30.7 Å². The number of ether oxygens (including phenoxy) is 1. The van der Waals surface area contributed by atoms with E-state index in [0.717, 1.165) is 6.29 Å². The molecule has 1 rings (SSSR count). The van der Waals surface area contributed by atoms with Gasteiger partial charge in [0.2, 0.25) is 0 Å². The first-order chi connectivity index (χ1) is 7.17. The van der Waals surface area contributed by atoms with Crippen molar-refractivity contribution in [2.45, 2.75) is 19.4 Å². The van der Waals surface area contributed by atoms with Crippen molar-refractivity contribution >= 4 is 12.2 Å². The van der Waals surface area contributed by atoms with Crippen LogP contribution in [0.5, 0.6) is 5.75 Å². The van der Waals surface area contributed by atoms with E-state index in [2.05, 4.69) is 0 Å². The SMILES string of the molecule is CCC(Oc1ccc(C=O)cc1)C(N)=O. The molecular weight excluding hydrogens is 194 g/mol. The van der Waals surface area contributed by atoms with Crippen LogP contribution in [0.2, 0.25) is 0 Å². The first kappa shape index (κ1) is 11.2. The van der Waals surface area contributed by atoms with Gasteiger partial charge in [-0.3, -0.25) is 9.59 Å². The van der Waals surface area contributed by atoms with Gasteiger partial charge in [0.25, 0.3) is 5.91 Å². The van der Waals surface area contributed by atoms with E-state index in [4.69, 9.17) is 10.5 Å². The molecule has 80 valence electrons. The van der Waals surface area contributed by atoms with Crippen LogP contribution in [0.1, 0.15) is 23.7 Å². The van der Waals surface area contributed by atoms with Gasteiger partial charge in [0.05, 0.1) is 0 Å². The molecule has 1 aromatic rings. The molecule has 4 heteroatoms. The summed E-state index contributed by atoms with van der Waals surface area (Å²) in [6.07, 6.45) is 0.645. The number of benzene rings is 1. The van der Waals surface area contributed by atoms with Crippen LogP contribution in [0, 0.1) is 0 Å². The lowest BCUT2D eigenvalue weighted by atomic mass is 10.2. The van der Waals surface area contributed by atoms with Gasteiger partial charge in [-0.25, -0.2) is 0 Å². The standard InChI is InChI=1S/C11H13NO3/c1-2-10(11(12)14)15-9-5-3-8(7-13)4-6-9/h3-7,10H,2H2,1H3,(H2,12,14). The minimum absolute atomic E-state index is 0.489. The van der Waals surface area contributed by atoms with Gasteiger partial charge in [0.1, 0.15) is 12.0 Å². The maximum atomic E-state index is 10.9. The second-order valence-electron chi connectivity index (χ2n) is 3.10. The van der Waals surface area contributed by atoms with Gasteiger partial charge >= 0.3 is 0 Å². The summed E-state index contributed by atoms with van der Waals surface area (Å²) < 4.78 is 5.33. The van der Waals surface area contributed by atoms with Crippen LogP contribution < -0.4 is 10.5 Å². The minimum Gasteiger partial charge on any atom is -0.481 e. The zero-order valence-electron chi connectivity index (χ0n) is 8.47. The Balaban J connectivity index is 2.71. The summed E-state index contributed by atoms with van der Waals surface area (Å²) in [6, 6.07) is 6.51. The van der Waals surface area contributed by atoms with Crippen molar-refractivity contribution in [2.24, 2.45) is 5.73 Å². The maximum Gasteiger partial charge on any atom is 0.258 e. The predicted molar refractivity (Wildman–Crippen MR) is 55.7 cm³/mol. The molecule has 1 atom stereocenters. The summed E-state index contributed by atoms with van der Waals surface area (Å²) in [5.41, 5.74) is 5.70. The molecule has 0 fully saturated rings. The summed E-state index contributed by atoms with van der Waals surface area (Å²) in [4.78, 5) is 21.3. The molecule has 0 aliphatic rings. The molecule has 4 nitrogen and oxygen atoms in total. The maximum absolute atomic E-state index is 10.9. The Labute approximate surface area is 88.0 Å². The van der Waals surface area contributed by atoms with Crippen molar-refractivity contribution < 1.29 is 14.3 Å². The fourth-order valence-electron chi connectivity index (χ4n) is 1.13. The van der Waals surface area contributed by atoms with Crippen molar-refractivity contribution in [3.8, 4) is 5.75 Å². The Bertz CT molecular complexity index is 345. The molecule has 15 heavy (non-hydrogen) atoms. The van der Waals surface area contributed by atoms with Gasteiger partial charge in [0, 0.05) is 5.56 Å². The summed E-state index contributed by atoms with van der Waals surface area (Å²) in [6.45, 7) is 1.81. The molecule has 2 N–H and O–H groups in total. The van der Waals surface area contributed by atoms with Gasteiger partial charge in [-0.15, -0.1) is 0 Å². The lowest BCUT2D eigenvalue weighted by Gasteiger charge is -2.13. The summed E-state index contributed by atoms with van der Waals surface area (Å²) in [5.74, 6) is 0.0446. The fraction of sp³-hybridized carbons (Fsp3) is 0.273. The lowest BCUT2D eigenvalue weighted by molar-refractivity contribution is -0.124. The van der Waals surface area contributed by atoms with E-state index < -0.39 is 12.0 Å². The zero-order chi connectivity index (χ0) is 11.3. The molecule has 0 spiro atoms. The summed E-state index contributed by atoms with van der Waals surface area (Å²) in [7, 11) is 0. The molecular formula is C11H13NO3. The van der Waals surface area contributed by atoms with Gasteiger partial charge < -0.3 is 10.5 Å². The molecule has 0 saturated heterocycles. The molecule has 1 unspecified atom stereocenters. The topological polar surface area (TPSA) is 69.4 Å². The van der Waals surface area contributed by atoms with Crippen LogP contribution in [-0.2, 0) is 4.79 Å². The number of amides is 1. The van der Waals surface area contributed by atoms with E-state index in [9.17, 15) is 9.59 Å². The average molecular weight is 207 g/mol. The highest BCUT2D eigenvalue weighted by atomic mass is 16.5. The van der Waals surface area contributed by atoms with Crippen LogP contribution in [0.4, 0.5) is 0 Å². The van der Waals surface area contributed by atoms with E-state index in [1.807, 2.05) is 6.92 Å². The quantitative estimate of drug-likeness (QED) is 0.736. The van der Waals surface area contributed by atoms with Crippen LogP contribution >= 0.6 is 0 Å². The summed E-state index contributed by atoms with van der Waals surface area (Å²) in [5, 5.41) is 0. The van der Waals surface area contributed by atoms with Crippen LogP contribution in [0.15, 0.2) is 24.3 Å². The molecule has 0 aromatic heterocycles. The van der Waals surface area contributed by atoms with E-state index in [1.54, 1.807) is 24.3 Å². The van der Waals surface area contributed by atoms with Crippen molar-refractivity contribution in [3.63, 3.8) is 0 Å². The first-order valence-corrected chi connectivity index (χ1v) is 4.68. The number of hydrogen-bond acceptors (Lipinski definition) is 3. The molecule has 0 saturated carbocycles. The molecule has 0 radical (unpaired) electrons. The van der Waals surface area contributed by atoms with E-state index in [-0.39, 0.29) is 0 Å². The molecule has 0 bridgehead atoms. The Hall–Kier alpha value is -1.84. The van der Waals surface area contributed by atoms with Gasteiger partial charge in [-0.1, -0.05) is 6.92 Å². The van der Waals surface area contributed by atoms with Crippen molar-refractivity contribution in [1.29, 1.82) is 0 Å². The number of carbonyl (C=O) groups excluding carboxylic acids is 2. The second-order valence-corrected chi connectivity index (χ2v) is 3.10. The van der Waals surface area contributed by atoms with E-state index in [0.29, 0.717) is 17.7 Å². The molecule has 1 aromatic carbocycles. The molecule has 0 aliphatic carbocycles. The number of hydrogen-bond donors (Lipinski definition) is 1. The highest BCUT2D eigenvalue weighted by molar-refractivity contribution is 5.79. The Morgan fingerprint density at radius 2 is 2.07 bits per heavy atom. The largest absolute Gasteiger partial charge is 0.481 e. The average Bonchev–Trinajstić information content (AvgIpc) is 2.26. The fourth-order valence-corrected chi connectivity index (χ4v) is 1.13. The second kappa shape index (κ2) is 5.14. The zero-order valence-corrected chi connectivity index (χ0v) is 8.47. The highest BCUT2D eigenvalue weighted by Gasteiger charge is 2.13. The minimum atomic E-state index is -0.618. The van der Waals surface area contributed by atoms with Crippen LogP contribution in [-0.4, -0.2) is 18.3 Å². The van der Waals surface area contributed by atoms with Crippen molar-refractivity contribution in [3.05, 3.63) is 29.8 Å². The van der Waals surface area contributed by atoms with Crippen LogP contribution in [0.3, 0.4) is 0 Å². The monoisotopic (exact) mass is 207 g/mol. The predicted octanol–water partition coefficient (Wildman–Crippen LogP) is 1.14. The number of carbonyl (C=O) groups is 2. The molecule has 0 aliphatic heterocycles. The van der Waals surface area contributed by atoms with Crippen molar-refractivity contribution in [1.82, 2.24) is 0 Å². The number of nitrogens with two attached hydrogens (primary N) is 1. The number of primary amides is 1. The third kappa shape index (κ3) is 3.09. The van der Waals surface area contributed by atoms with E-state index in [1.165, 1.54) is 0 Å². The molecule has 1 amide bonds. The van der Waals surface area contributed by atoms with Crippen molar-refractivity contribution in [2.75, 3.05) is 0 Å². The Kier molecular flexibility index (Phi) is 3.85. The van der Waals surface area contributed by atoms with Crippen LogP contribution in [0.25, 0.3) is 0 Å². The number of aldehydes is 1. The normalized spacial score (nSPS) is 11.8. The van der Waals surface area contributed by atoms with Gasteiger partial charge in [0.15, 0.2) is 6.10 Å². The van der Waals surface area contributed by atoms with Gasteiger partial charge in [-0.2, -0.15) is 0 Å². The first-order valence-electron chi connectivity index (χ1n) is 4.68. The lowest BCUT2D eigenvalue weighted by Crippen LogP contribution is -2.32.